The summed E-state index contributed by atoms with van der Waals surface area (Å²) >= 11 is 13.4. The van der Waals surface area contributed by atoms with E-state index in [1.165, 1.54) is 18.4 Å². The van der Waals surface area contributed by atoms with Gasteiger partial charge in [0.15, 0.2) is 5.16 Å². The van der Waals surface area contributed by atoms with Gasteiger partial charge in [0.1, 0.15) is 0 Å². The first kappa shape index (κ1) is 14.9. The molecule has 1 aromatic carbocycles. The van der Waals surface area contributed by atoms with Gasteiger partial charge in [-0.25, -0.2) is 0 Å². The second-order valence-electron chi connectivity index (χ2n) is 4.80. The van der Waals surface area contributed by atoms with Gasteiger partial charge >= 0.3 is 0 Å². The summed E-state index contributed by atoms with van der Waals surface area (Å²) in [5.74, 6) is 1.46. The Balaban J connectivity index is 1.71. The highest BCUT2D eigenvalue weighted by Crippen LogP contribution is 2.24. The molecule has 1 aliphatic heterocycles. The van der Waals surface area contributed by atoms with Crippen LogP contribution >= 0.6 is 35.0 Å². The maximum absolute atomic E-state index is 6.01. The fraction of sp³-hybridized carbons (Fsp3) is 0.357. The van der Waals surface area contributed by atoms with Gasteiger partial charge in [0.2, 0.25) is 11.2 Å². The van der Waals surface area contributed by atoms with Crippen molar-refractivity contribution in [3.05, 3.63) is 40.1 Å². The molecule has 0 radical (unpaired) electrons. The van der Waals surface area contributed by atoms with E-state index in [-0.39, 0.29) is 5.28 Å². The van der Waals surface area contributed by atoms with Gasteiger partial charge in [0.05, 0.1) is 0 Å². The molecular weight excluding hydrogens is 327 g/mol. The summed E-state index contributed by atoms with van der Waals surface area (Å²) in [4.78, 5) is 15.1. The third-order valence-corrected chi connectivity index (χ3v) is 4.59. The molecule has 21 heavy (non-hydrogen) atoms. The lowest BCUT2D eigenvalue weighted by atomic mass is 10.2. The van der Waals surface area contributed by atoms with Gasteiger partial charge in [-0.1, -0.05) is 35.5 Å². The minimum absolute atomic E-state index is 0.255. The van der Waals surface area contributed by atoms with E-state index in [1.807, 2.05) is 24.3 Å². The minimum Gasteiger partial charge on any atom is -0.341 e. The summed E-state index contributed by atoms with van der Waals surface area (Å²) in [7, 11) is 0. The van der Waals surface area contributed by atoms with Crippen molar-refractivity contribution >= 4 is 40.9 Å². The number of thioether (sulfide) groups is 1. The highest BCUT2D eigenvalue weighted by atomic mass is 35.5. The van der Waals surface area contributed by atoms with Crippen molar-refractivity contribution in [2.75, 3.05) is 18.0 Å². The predicted octanol–water partition coefficient (Wildman–Crippen LogP) is 4.07. The van der Waals surface area contributed by atoms with Gasteiger partial charge in [-0.3, -0.25) is 0 Å². The number of aromatic nitrogens is 3. The Bertz CT molecular complexity index is 615. The second kappa shape index (κ2) is 6.81. The first-order valence-electron chi connectivity index (χ1n) is 6.74. The number of anilines is 1. The smallest absolute Gasteiger partial charge is 0.230 e. The van der Waals surface area contributed by atoms with Gasteiger partial charge in [-0.2, -0.15) is 15.0 Å². The van der Waals surface area contributed by atoms with Crippen LogP contribution in [0.3, 0.4) is 0 Å². The normalized spacial score (nSPS) is 14.7. The number of hydrogen-bond acceptors (Lipinski definition) is 5. The van der Waals surface area contributed by atoms with Crippen molar-refractivity contribution in [1.82, 2.24) is 15.0 Å². The molecule has 0 N–H and O–H groups in total. The highest BCUT2D eigenvalue weighted by molar-refractivity contribution is 7.98. The average molecular weight is 341 g/mol. The molecule has 110 valence electrons. The van der Waals surface area contributed by atoms with Crippen molar-refractivity contribution in [1.29, 1.82) is 0 Å². The molecule has 0 bridgehead atoms. The number of rotatable bonds is 4. The largest absolute Gasteiger partial charge is 0.341 e. The summed E-state index contributed by atoms with van der Waals surface area (Å²) in [5, 5.41) is 1.65. The Morgan fingerprint density at radius 3 is 2.43 bits per heavy atom. The number of nitrogens with zero attached hydrogens (tertiary/aromatic N) is 4. The topological polar surface area (TPSA) is 41.9 Å². The van der Waals surface area contributed by atoms with Crippen LogP contribution in [0.5, 0.6) is 0 Å². The van der Waals surface area contributed by atoms with Crippen molar-refractivity contribution in [2.45, 2.75) is 23.8 Å². The van der Waals surface area contributed by atoms with E-state index in [2.05, 4.69) is 19.9 Å². The quantitative estimate of drug-likeness (QED) is 0.784. The number of benzene rings is 1. The van der Waals surface area contributed by atoms with Crippen LogP contribution in [0, 0.1) is 0 Å². The van der Waals surface area contributed by atoms with Gasteiger partial charge in [0, 0.05) is 23.9 Å². The molecule has 3 rings (SSSR count). The van der Waals surface area contributed by atoms with Crippen LogP contribution in [0.25, 0.3) is 0 Å². The standard InChI is InChI=1S/C14H14Cl2N4S/c15-11-5-3-10(4-6-11)9-21-14-18-12(16)17-13(19-14)20-7-1-2-8-20/h3-6H,1-2,7-9H2. The van der Waals surface area contributed by atoms with E-state index < -0.39 is 0 Å². The lowest BCUT2D eigenvalue weighted by molar-refractivity contribution is 0.826. The van der Waals surface area contributed by atoms with Gasteiger partial charge < -0.3 is 4.90 Å². The lowest BCUT2D eigenvalue weighted by Gasteiger charge is -2.15. The molecule has 4 nitrogen and oxygen atoms in total. The summed E-state index contributed by atoms with van der Waals surface area (Å²) in [6.45, 7) is 1.98. The minimum atomic E-state index is 0.255. The molecule has 0 atom stereocenters. The molecule has 0 spiro atoms. The fourth-order valence-corrected chi connectivity index (χ4v) is 3.29. The van der Waals surface area contributed by atoms with Gasteiger partial charge in [-0.15, -0.1) is 0 Å². The molecule has 0 saturated carbocycles. The Morgan fingerprint density at radius 1 is 1.00 bits per heavy atom. The highest BCUT2D eigenvalue weighted by Gasteiger charge is 2.17. The zero-order chi connectivity index (χ0) is 14.7. The molecule has 2 heterocycles. The molecule has 0 aliphatic carbocycles. The number of hydrogen-bond donors (Lipinski definition) is 0. The van der Waals surface area contributed by atoms with Crippen LogP contribution in [0.2, 0.25) is 10.3 Å². The third-order valence-electron chi connectivity index (χ3n) is 3.25. The molecule has 2 aromatic rings. The Kier molecular flexibility index (Phi) is 4.83. The van der Waals surface area contributed by atoms with E-state index >= 15 is 0 Å². The Hall–Kier alpha value is -1.04. The van der Waals surface area contributed by atoms with E-state index in [9.17, 15) is 0 Å². The van der Waals surface area contributed by atoms with E-state index in [1.54, 1.807) is 11.8 Å². The summed E-state index contributed by atoms with van der Waals surface area (Å²) in [6.07, 6.45) is 2.35. The van der Waals surface area contributed by atoms with Gasteiger partial charge in [0.25, 0.3) is 0 Å². The summed E-state index contributed by atoms with van der Waals surface area (Å²) < 4.78 is 0. The summed E-state index contributed by atoms with van der Waals surface area (Å²) in [6, 6.07) is 7.76. The maximum Gasteiger partial charge on any atom is 0.230 e. The molecule has 0 amide bonds. The van der Waals surface area contributed by atoms with Crippen molar-refractivity contribution in [3.63, 3.8) is 0 Å². The second-order valence-corrected chi connectivity index (χ2v) is 6.51. The van der Waals surface area contributed by atoms with Gasteiger partial charge in [-0.05, 0) is 42.1 Å². The Labute approximate surface area is 137 Å². The van der Waals surface area contributed by atoms with Crippen molar-refractivity contribution < 1.29 is 0 Å². The van der Waals surface area contributed by atoms with E-state index in [0.29, 0.717) is 11.1 Å². The SMILES string of the molecule is Clc1ccc(CSc2nc(Cl)nc(N3CCCC3)n2)cc1. The molecule has 0 unspecified atom stereocenters. The Morgan fingerprint density at radius 2 is 1.71 bits per heavy atom. The van der Waals surface area contributed by atoms with E-state index in [4.69, 9.17) is 23.2 Å². The van der Waals surface area contributed by atoms with Crippen LogP contribution < -0.4 is 4.90 Å². The maximum atomic E-state index is 6.01. The zero-order valence-corrected chi connectivity index (χ0v) is 13.6. The van der Waals surface area contributed by atoms with Crippen LogP contribution in [0.15, 0.2) is 29.4 Å². The first-order valence-corrected chi connectivity index (χ1v) is 8.48. The average Bonchev–Trinajstić information content (AvgIpc) is 3.00. The van der Waals surface area contributed by atoms with Crippen LogP contribution in [0.4, 0.5) is 5.95 Å². The monoisotopic (exact) mass is 340 g/mol. The molecular formula is C14H14Cl2N4S. The predicted molar refractivity (Wildman–Crippen MR) is 87.3 cm³/mol. The zero-order valence-electron chi connectivity index (χ0n) is 11.3. The third kappa shape index (κ3) is 3.99. The summed E-state index contributed by atoms with van der Waals surface area (Å²) in [5.41, 5.74) is 1.17. The molecule has 1 aliphatic rings. The molecule has 1 fully saturated rings. The van der Waals surface area contributed by atoms with Crippen molar-refractivity contribution in [3.8, 4) is 0 Å². The molecule has 1 saturated heterocycles. The van der Waals surface area contributed by atoms with Crippen LogP contribution in [0.1, 0.15) is 18.4 Å². The van der Waals surface area contributed by atoms with Crippen molar-refractivity contribution in [2.24, 2.45) is 0 Å². The molecule has 1 aromatic heterocycles. The van der Waals surface area contributed by atoms with Crippen LogP contribution in [-0.2, 0) is 5.75 Å². The fourth-order valence-electron chi connectivity index (χ4n) is 2.17. The van der Waals surface area contributed by atoms with Crippen LogP contribution in [-0.4, -0.2) is 28.0 Å². The number of halogens is 2. The molecule has 7 heteroatoms. The van der Waals surface area contributed by atoms with E-state index in [0.717, 1.165) is 23.9 Å². The first-order chi connectivity index (χ1) is 10.2. The lowest BCUT2D eigenvalue weighted by Crippen LogP contribution is -2.21.